The van der Waals surface area contributed by atoms with Crippen LogP contribution in [0, 0.1) is 0 Å². The standard InChI is InChI=1S/C18H27F3N4O2.HI/c1-2-26-9-3-6-23-17(22)24-13-14-4-5-15(12-16(14)18(19,20)21)25-7-10-27-11-8-25;/h4-5,12H,2-3,6-11,13H2,1H3,(H3,22,23,24);1H. The second-order valence-corrected chi connectivity index (χ2v) is 6.12. The zero-order valence-corrected chi connectivity index (χ0v) is 18.3. The van der Waals surface area contributed by atoms with Gasteiger partial charge in [-0.25, -0.2) is 4.99 Å². The summed E-state index contributed by atoms with van der Waals surface area (Å²) in [6.45, 7) is 5.74. The van der Waals surface area contributed by atoms with Crippen LogP contribution < -0.4 is 16.0 Å². The zero-order valence-electron chi connectivity index (χ0n) is 15.9. The molecule has 10 heteroatoms. The molecule has 160 valence electrons. The Kier molecular flexibility index (Phi) is 10.9. The van der Waals surface area contributed by atoms with Gasteiger partial charge in [-0.1, -0.05) is 6.07 Å². The molecule has 28 heavy (non-hydrogen) atoms. The number of nitrogens with one attached hydrogen (secondary N) is 1. The minimum atomic E-state index is -4.45. The number of hydrogen-bond donors (Lipinski definition) is 2. The molecular formula is C18H28F3IN4O2. The molecule has 0 atom stereocenters. The fraction of sp³-hybridized carbons (Fsp3) is 0.611. The monoisotopic (exact) mass is 516 g/mol. The molecular weight excluding hydrogens is 488 g/mol. The Morgan fingerprint density at radius 3 is 2.68 bits per heavy atom. The van der Waals surface area contributed by atoms with Gasteiger partial charge in [0.15, 0.2) is 5.96 Å². The van der Waals surface area contributed by atoms with Gasteiger partial charge in [-0.05, 0) is 31.0 Å². The van der Waals surface area contributed by atoms with Gasteiger partial charge in [0, 0.05) is 38.5 Å². The maximum atomic E-state index is 13.5. The Labute approximate surface area is 180 Å². The third-order valence-corrected chi connectivity index (χ3v) is 4.17. The first kappa shape index (κ1) is 24.8. The third-order valence-electron chi connectivity index (χ3n) is 4.17. The Morgan fingerprint density at radius 2 is 2.04 bits per heavy atom. The molecule has 1 aliphatic heterocycles. The quantitative estimate of drug-likeness (QED) is 0.241. The van der Waals surface area contributed by atoms with Crippen LogP contribution in [-0.2, 0) is 22.2 Å². The zero-order chi connectivity index (χ0) is 19.7. The SMILES string of the molecule is CCOCCCNC(N)=NCc1ccc(N2CCOCC2)cc1C(F)(F)F.I. The molecule has 3 N–H and O–H groups in total. The maximum Gasteiger partial charge on any atom is 0.416 e. The molecule has 0 radical (unpaired) electrons. The van der Waals surface area contributed by atoms with E-state index in [1.807, 2.05) is 11.8 Å². The average molecular weight is 516 g/mol. The van der Waals surface area contributed by atoms with E-state index in [2.05, 4.69) is 10.3 Å². The molecule has 0 saturated carbocycles. The van der Waals surface area contributed by atoms with Gasteiger partial charge in [-0.3, -0.25) is 0 Å². The molecule has 0 aromatic heterocycles. The highest BCUT2D eigenvalue weighted by molar-refractivity contribution is 14.0. The van der Waals surface area contributed by atoms with Crippen molar-refractivity contribution >= 4 is 35.6 Å². The molecule has 6 nitrogen and oxygen atoms in total. The van der Waals surface area contributed by atoms with Crippen molar-refractivity contribution < 1.29 is 22.6 Å². The highest BCUT2D eigenvalue weighted by Gasteiger charge is 2.34. The van der Waals surface area contributed by atoms with Gasteiger partial charge in [-0.15, -0.1) is 24.0 Å². The van der Waals surface area contributed by atoms with Gasteiger partial charge in [0.25, 0.3) is 0 Å². The normalized spacial score (nSPS) is 15.3. The van der Waals surface area contributed by atoms with Gasteiger partial charge in [-0.2, -0.15) is 13.2 Å². The predicted octanol–water partition coefficient (Wildman–Crippen LogP) is 2.99. The van der Waals surface area contributed by atoms with Gasteiger partial charge in [0.2, 0.25) is 0 Å². The number of ether oxygens (including phenoxy) is 2. The summed E-state index contributed by atoms with van der Waals surface area (Å²) in [5.74, 6) is 0.122. The summed E-state index contributed by atoms with van der Waals surface area (Å²) in [5.41, 5.74) is 5.69. The summed E-state index contributed by atoms with van der Waals surface area (Å²) < 4.78 is 50.9. The van der Waals surface area contributed by atoms with Crippen LogP contribution >= 0.6 is 24.0 Å². The summed E-state index contributed by atoms with van der Waals surface area (Å²) in [7, 11) is 0. The van der Waals surface area contributed by atoms with Crippen LogP contribution in [0.3, 0.4) is 0 Å². The van der Waals surface area contributed by atoms with E-state index in [9.17, 15) is 13.2 Å². The van der Waals surface area contributed by atoms with Crippen LogP contribution in [0.2, 0.25) is 0 Å². The topological polar surface area (TPSA) is 72.1 Å². The summed E-state index contributed by atoms with van der Waals surface area (Å²) in [5, 5.41) is 2.88. The van der Waals surface area contributed by atoms with Crippen LogP contribution in [0.4, 0.5) is 18.9 Å². The number of halogens is 4. The molecule has 1 heterocycles. The lowest BCUT2D eigenvalue weighted by molar-refractivity contribution is -0.138. The van der Waals surface area contributed by atoms with Crippen molar-refractivity contribution in [2.24, 2.45) is 10.7 Å². The number of hydrogen-bond acceptors (Lipinski definition) is 4. The average Bonchev–Trinajstić information content (AvgIpc) is 2.66. The van der Waals surface area contributed by atoms with E-state index in [4.69, 9.17) is 15.2 Å². The molecule has 0 bridgehead atoms. The lowest BCUT2D eigenvalue weighted by Crippen LogP contribution is -2.36. The number of rotatable bonds is 8. The molecule has 1 aromatic carbocycles. The molecule has 1 aromatic rings. The second-order valence-electron chi connectivity index (χ2n) is 6.12. The van der Waals surface area contributed by atoms with Crippen LogP contribution in [0.25, 0.3) is 0 Å². The number of nitrogens with two attached hydrogens (primary N) is 1. The third kappa shape index (κ3) is 8.00. The summed E-state index contributed by atoms with van der Waals surface area (Å²) in [6.07, 6.45) is -3.71. The van der Waals surface area contributed by atoms with E-state index in [1.165, 1.54) is 12.1 Å². The van der Waals surface area contributed by atoms with Gasteiger partial charge in [0.05, 0.1) is 25.3 Å². The molecule has 1 aliphatic rings. The first-order chi connectivity index (χ1) is 12.9. The number of anilines is 1. The Bertz CT molecular complexity index is 623. The van der Waals surface area contributed by atoms with Crippen molar-refractivity contribution in [1.82, 2.24) is 5.32 Å². The van der Waals surface area contributed by atoms with Gasteiger partial charge < -0.3 is 25.4 Å². The Balaban J connectivity index is 0.00000392. The molecule has 2 rings (SSSR count). The molecule has 1 fully saturated rings. The fourth-order valence-electron chi connectivity index (χ4n) is 2.75. The fourth-order valence-corrected chi connectivity index (χ4v) is 2.75. The highest BCUT2D eigenvalue weighted by atomic mass is 127. The largest absolute Gasteiger partial charge is 0.416 e. The van der Waals surface area contributed by atoms with Crippen molar-refractivity contribution in [3.05, 3.63) is 29.3 Å². The molecule has 0 amide bonds. The van der Waals surface area contributed by atoms with Gasteiger partial charge >= 0.3 is 6.18 Å². The van der Waals surface area contributed by atoms with Crippen molar-refractivity contribution in [3.63, 3.8) is 0 Å². The van der Waals surface area contributed by atoms with Crippen molar-refractivity contribution in [2.45, 2.75) is 26.1 Å². The van der Waals surface area contributed by atoms with E-state index in [1.54, 1.807) is 6.07 Å². The number of guanidine groups is 1. The first-order valence-electron chi connectivity index (χ1n) is 9.06. The van der Waals surface area contributed by atoms with E-state index >= 15 is 0 Å². The lowest BCUT2D eigenvalue weighted by atomic mass is 10.1. The summed E-state index contributed by atoms with van der Waals surface area (Å²) in [6, 6.07) is 4.35. The van der Waals surface area contributed by atoms with E-state index in [-0.39, 0.29) is 42.0 Å². The van der Waals surface area contributed by atoms with Crippen molar-refractivity contribution in [1.29, 1.82) is 0 Å². The van der Waals surface area contributed by atoms with E-state index in [0.29, 0.717) is 51.7 Å². The van der Waals surface area contributed by atoms with Crippen LogP contribution in [0.1, 0.15) is 24.5 Å². The highest BCUT2D eigenvalue weighted by Crippen LogP contribution is 2.35. The molecule has 0 unspecified atom stereocenters. The summed E-state index contributed by atoms with van der Waals surface area (Å²) >= 11 is 0. The molecule has 0 aliphatic carbocycles. The first-order valence-corrected chi connectivity index (χ1v) is 9.06. The Morgan fingerprint density at radius 1 is 1.32 bits per heavy atom. The second kappa shape index (κ2) is 12.3. The van der Waals surface area contributed by atoms with Crippen LogP contribution in [0.5, 0.6) is 0 Å². The van der Waals surface area contributed by atoms with E-state index in [0.717, 1.165) is 6.42 Å². The minimum absolute atomic E-state index is 0. The van der Waals surface area contributed by atoms with Crippen LogP contribution in [-0.4, -0.2) is 52.0 Å². The number of benzene rings is 1. The van der Waals surface area contributed by atoms with Crippen molar-refractivity contribution in [3.8, 4) is 0 Å². The number of morpholine rings is 1. The summed E-state index contributed by atoms with van der Waals surface area (Å²) in [4.78, 5) is 5.93. The van der Waals surface area contributed by atoms with Crippen LogP contribution in [0.15, 0.2) is 23.2 Å². The molecule has 1 saturated heterocycles. The Hall–Kier alpha value is -1.27. The predicted molar refractivity (Wildman–Crippen MR) is 114 cm³/mol. The minimum Gasteiger partial charge on any atom is -0.382 e. The number of alkyl halides is 3. The number of aliphatic imine (C=N–C) groups is 1. The number of nitrogens with zero attached hydrogens (tertiary/aromatic N) is 2. The maximum absolute atomic E-state index is 13.5. The lowest BCUT2D eigenvalue weighted by Gasteiger charge is -2.29. The van der Waals surface area contributed by atoms with E-state index < -0.39 is 11.7 Å². The van der Waals surface area contributed by atoms with Crippen molar-refractivity contribution in [2.75, 3.05) is 51.0 Å². The smallest absolute Gasteiger partial charge is 0.382 e. The van der Waals surface area contributed by atoms with Gasteiger partial charge in [0.1, 0.15) is 0 Å². The molecule has 0 spiro atoms.